The lowest BCUT2D eigenvalue weighted by atomic mass is 10.2. The second kappa shape index (κ2) is 5.85. The molecule has 0 saturated heterocycles. The number of aliphatic hydroxyl groups is 2. The van der Waals surface area contributed by atoms with Gasteiger partial charge in [-0.3, -0.25) is 4.79 Å². The second-order valence-electron chi connectivity index (χ2n) is 3.21. The van der Waals surface area contributed by atoms with Crippen LogP contribution in [0, 0.1) is 6.92 Å². The average Bonchev–Trinajstić information content (AvgIpc) is 2.63. The molecule has 2 N–H and O–H groups in total. The van der Waals surface area contributed by atoms with Gasteiger partial charge in [0.05, 0.1) is 18.8 Å². The smallest absolute Gasteiger partial charge is 0.255 e. The van der Waals surface area contributed by atoms with E-state index in [0.29, 0.717) is 5.56 Å². The van der Waals surface area contributed by atoms with Crippen molar-refractivity contribution < 1.29 is 15.0 Å². The van der Waals surface area contributed by atoms with Crippen LogP contribution in [-0.2, 0) is 0 Å². The number of amides is 1. The zero-order chi connectivity index (χ0) is 11.3. The summed E-state index contributed by atoms with van der Waals surface area (Å²) in [4.78, 5) is 13.4. The average molecular weight is 229 g/mol. The van der Waals surface area contributed by atoms with Crippen LogP contribution >= 0.6 is 11.3 Å². The fraction of sp³-hybridized carbons (Fsp3) is 0.500. The van der Waals surface area contributed by atoms with Crippen molar-refractivity contribution in [3.05, 3.63) is 21.9 Å². The Labute approximate surface area is 92.8 Å². The lowest BCUT2D eigenvalue weighted by Crippen LogP contribution is -2.35. The zero-order valence-corrected chi connectivity index (χ0v) is 9.46. The lowest BCUT2D eigenvalue weighted by molar-refractivity contribution is 0.0684. The number of hydrogen-bond donors (Lipinski definition) is 2. The minimum Gasteiger partial charge on any atom is -0.395 e. The number of aryl methyl sites for hydroxylation is 1. The Morgan fingerprint density at radius 2 is 1.93 bits per heavy atom. The van der Waals surface area contributed by atoms with Gasteiger partial charge in [-0.25, -0.2) is 0 Å². The molecular formula is C10H15NO3S. The molecule has 0 spiro atoms. The van der Waals surface area contributed by atoms with Crippen LogP contribution in [0.1, 0.15) is 15.9 Å². The summed E-state index contributed by atoms with van der Waals surface area (Å²) in [6.07, 6.45) is 0. The first-order valence-corrected chi connectivity index (χ1v) is 5.68. The van der Waals surface area contributed by atoms with Crippen LogP contribution in [0.3, 0.4) is 0 Å². The highest BCUT2D eigenvalue weighted by atomic mass is 32.1. The molecule has 0 aliphatic rings. The number of hydrogen-bond acceptors (Lipinski definition) is 4. The molecule has 0 aliphatic carbocycles. The predicted octanol–water partition coefficient (Wildman–Crippen LogP) is 0.483. The Kier molecular flexibility index (Phi) is 4.74. The van der Waals surface area contributed by atoms with E-state index in [1.807, 2.05) is 12.3 Å². The number of thiophene rings is 1. The number of aliphatic hydroxyl groups excluding tert-OH is 2. The highest BCUT2D eigenvalue weighted by Crippen LogP contribution is 2.15. The normalized spacial score (nSPS) is 10.3. The van der Waals surface area contributed by atoms with Gasteiger partial charge in [0.25, 0.3) is 5.91 Å². The van der Waals surface area contributed by atoms with Gasteiger partial charge >= 0.3 is 0 Å². The molecule has 0 atom stereocenters. The van der Waals surface area contributed by atoms with Crippen molar-refractivity contribution in [1.82, 2.24) is 4.90 Å². The van der Waals surface area contributed by atoms with Gasteiger partial charge in [0.15, 0.2) is 0 Å². The van der Waals surface area contributed by atoms with E-state index in [0.717, 1.165) is 5.56 Å². The molecule has 1 heterocycles. The third-order valence-electron chi connectivity index (χ3n) is 2.11. The maximum absolute atomic E-state index is 11.9. The van der Waals surface area contributed by atoms with Crippen molar-refractivity contribution in [1.29, 1.82) is 0 Å². The highest BCUT2D eigenvalue weighted by molar-refractivity contribution is 7.08. The number of rotatable bonds is 5. The Balaban J connectivity index is 2.76. The van der Waals surface area contributed by atoms with Gasteiger partial charge in [-0.05, 0) is 17.9 Å². The van der Waals surface area contributed by atoms with Gasteiger partial charge in [0.2, 0.25) is 0 Å². The molecule has 15 heavy (non-hydrogen) atoms. The van der Waals surface area contributed by atoms with Gasteiger partial charge in [-0.2, -0.15) is 11.3 Å². The first-order chi connectivity index (χ1) is 7.20. The molecule has 84 valence electrons. The molecule has 1 aromatic rings. The monoisotopic (exact) mass is 229 g/mol. The van der Waals surface area contributed by atoms with Crippen LogP contribution in [0.4, 0.5) is 0 Å². The maximum Gasteiger partial charge on any atom is 0.255 e. The van der Waals surface area contributed by atoms with E-state index in [2.05, 4.69) is 0 Å². The Hall–Kier alpha value is -0.910. The summed E-state index contributed by atoms with van der Waals surface area (Å²) in [6.45, 7) is 2.22. The maximum atomic E-state index is 11.9. The molecule has 1 aromatic heterocycles. The van der Waals surface area contributed by atoms with Crippen molar-refractivity contribution >= 4 is 17.2 Å². The second-order valence-corrected chi connectivity index (χ2v) is 3.95. The van der Waals surface area contributed by atoms with Crippen molar-refractivity contribution in [2.24, 2.45) is 0 Å². The third kappa shape index (κ3) is 3.02. The van der Waals surface area contributed by atoms with Crippen LogP contribution in [0.2, 0.25) is 0 Å². The summed E-state index contributed by atoms with van der Waals surface area (Å²) in [5.41, 5.74) is 1.59. The first-order valence-electron chi connectivity index (χ1n) is 4.74. The van der Waals surface area contributed by atoms with Crippen molar-refractivity contribution in [2.75, 3.05) is 26.3 Å². The van der Waals surface area contributed by atoms with E-state index in [1.165, 1.54) is 16.2 Å². The Morgan fingerprint density at radius 1 is 1.33 bits per heavy atom. The predicted molar refractivity (Wildman–Crippen MR) is 59.1 cm³/mol. The molecule has 0 fully saturated rings. The SMILES string of the molecule is Cc1cscc1C(=O)N(CCO)CCO. The van der Waals surface area contributed by atoms with E-state index < -0.39 is 0 Å². The highest BCUT2D eigenvalue weighted by Gasteiger charge is 2.16. The largest absolute Gasteiger partial charge is 0.395 e. The van der Waals surface area contributed by atoms with E-state index in [4.69, 9.17) is 10.2 Å². The molecule has 0 aromatic carbocycles. The van der Waals surface area contributed by atoms with Gasteiger partial charge in [-0.1, -0.05) is 0 Å². The summed E-state index contributed by atoms with van der Waals surface area (Å²) < 4.78 is 0. The zero-order valence-electron chi connectivity index (χ0n) is 8.64. The molecule has 0 unspecified atom stereocenters. The molecule has 0 aliphatic heterocycles. The summed E-state index contributed by atoms with van der Waals surface area (Å²) in [5, 5.41) is 21.3. The summed E-state index contributed by atoms with van der Waals surface area (Å²) in [5.74, 6) is -0.128. The van der Waals surface area contributed by atoms with E-state index in [-0.39, 0.29) is 32.2 Å². The molecule has 4 nitrogen and oxygen atoms in total. The molecule has 1 amide bonds. The van der Waals surface area contributed by atoms with E-state index in [9.17, 15) is 4.79 Å². The molecule has 0 bridgehead atoms. The number of nitrogens with zero attached hydrogens (tertiary/aromatic N) is 1. The van der Waals surface area contributed by atoms with Crippen LogP contribution in [-0.4, -0.2) is 47.3 Å². The van der Waals surface area contributed by atoms with Gasteiger partial charge in [0, 0.05) is 18.5 Å². The van der Waals surface area contributed by atoms with Crippen molar-refractivity contribution in [2.45, 2.75) is 6.92 Å². The lowest BCUT2D eigenvalue weighted by Gasteiger charge is -2.20. The molecule has 5 heteroatoms. The molecular weight excluding hydrogens is 214 g/mol. The van der Waals surface area contributed by atoms with Gasteiger partial charge < -0.3 is 15.1 Å². The Bertz CT molecular complexity index is 318. The summed E-state index contributed by atoms with van der Waals surface area (Å²) >= 11 is 1.48. The van der Waals surface area contributed by atoms with Crippen LogP contribution in [0.15, 0.2) is 10.8 Å². The van der Waals surface area contributed by atoms with Gasteiger partial charge in [-0.15, -0.1) is 0 Å². The van der Waals surface area contributed by atoms with Crippen LogP contribution in [0.25, 0.3) is 0 Å². The molecule has 0 radical (unpaired) electrons. The van der Waals surface area contributed by atoms with Gasteiger partial charge in [0.1, 0.15) is 0 Å². The summed E-state index contributed by atoms with van der Waals surface area (Å²) in [7, 11) is 0. The van der Waals surface area contributed by atoms with E-state index >= 15 is 0 Å². The number of carbonyl (C=O) groups excluding carboxylic acids is 1. The summed E-state index contributed by atoms with van der Waals surface area (Å²) in [6, 6.07) is 0. The third-order valence-corrected chi connectivity index (χ3v) is 2.97. The van der Waals surface area contributed by atoms with Crippen LogP contribution in [0.5, 0.6) is 0 Å². The first kappa shape index (κ1) is 12.2. The number of carbonyl (C=O) groups is 1. The Morgan fingerprint density at radius 3 is 2.33 bits per heavy atom. The van der Waals surface area contributed by atoms with E-state index in [1.54, 1.807) is 5.38 Å². The molecule has 1 rings (SSSR count). The quantitative estimate of drug-likeness (QED) is 0.772. The van der Waals surface area contributed by atoms with Crippen molar-refractivity contribution in [3.63, 3.8) is 0 Å². The minimum atomic E-state index is -0.128. The van der Waals surface area contributed by atoms with Crippen LogP contribution < -0.4 is 0 Å². The minimum absolute atomic E-state index is 0.0884. The standard InChI is InChI=1S/C10H15NO3S/c1-8-6-15-7-9(8)10(14)11(2-4-12)3-5-13/h6-7,12-13H,2-5H2,1H3. The van der Waals surface area contributed by atoms with Crippen molar-refractivity contribution in [3.8, 4) is 0 Å². The fourth-order valence-electron chi connectivity index (χ4n) is 1.31. The topological polar surface area (TPSA) is 60.8 Å². The fourth-order valence-corrected chi connectivity index (χ4v) is 2.13. The molecule has 0 saturated carbocycles.